The minimum atomic E-state index is -4.59. The van der Waals surface area contributed by atoms with Crippen molar-refractivity contribution in [3.8, 4) is 0 Å². The topological polar surface area (TPSA) is 75.3 Å². The van der Waals surface area contributed by atoms with Crippen molar-refractivity contribution >= 4 is 27.3 Å². The number of carbonyl (C=O) groups is 1. The van der Waals surface area contributed by atoms with Gasteiger partial charge in [-0.05, 0) is 43.3 Å². The van der Waals surface area contributed by atoms with E-state index in [0.29, 0.717) is 5.69 Å². The van der Waals surface area contributed by atoms with Gasteiger partial charge in [-0.2, -0.15) is 0 Å². The number of amides is 1. The third-order valence-corrected chi connectivity index (χ3v) is 5.33. The van der Waals surface area contributed by atoms with Crippen LogP contribution in [0.25, 0.3) is 0 Å². The highest BCUT2D eigenvalue weighted by Gasteiger charge is 2.25. The van der Waals surface area contributed by atoms with E-state index >= 15 is 0 Å². The van der Waals surface area contributed by atoms with Crippen LogP contribution in [0.15, 0.2) is 71.6 Å². The van der Waals surface area contributed by atoms with Crippen molar-refractivity contribution < 1.29 is 22.0 Å². The molecular formula is C20H16F2N2O3S. The van der Waals surface area contributed by atoms with E-state index in [1.165, 1.54) is 18.2 Å². The smallest absolute Gasteiger partial charge is 0.267 e. The van der Waals surface area contributed by atoms with Crippen LogP contribution in [0.4, 0.5) is 20.2 Å². The Morgan fingerprint density at radius 3 is 2.11 bits per heavy atom. The molecule has 0 aliphatic rings. The molecular weight excluding hydrogens is 386 g/mol. The van der Waals surface area contributed by atoms with Crippen LogP contribution in [-0.4, -0.2) is 14.3 Å². The predicted molar refractivity (Wildman–Crippen MR) is 103 cm³/mol. The van der Waals surface area contributed by atoms with E-state index in [0.717, 1.165) is 23.8 Å². The lowest BCUT2D eigenvalue weighted by Crippen LogP contribution is -2.20. The van der Waals surface area contributed by atoms with Crippen molar-refractivity contribution in [1.29, 1.82) is 0 Å². The molecule has 144 valence electrons. The molecule has 0 radical (unpaired) electrons. The maximum absolute atomic E-state index is 13.9. The van der Waals surface area contributed by atoms with E-state index in [1.807, 2.05) is 19.1 Å². The molecule has 1 amide bonds. The molecule has 3 aromatic rings. The average molecular weight is 402 g/mol. The number of hydrogen-bond acceptors (Lipinski definition) is 3. The number of benzene rings is 3. The quantitative estimate of drug-likeness (QED) is 0.667. The Balaban J connectivity index is 1.92. The Bertz CT molecular complexity index is 1110. The van der Waals surface area contributed by atoms with Gasteiger partial charge in [0.2, 0.25) is 0 Å². The van der Waals surface area contributed by atoms with Crippen molar-refractivity contribution in [3.63, 3.8) is 0 Å². The Hall–Kier alpha value is -3.26. The van der Waals surface area contributed by atoms with Crippen LogP contribution in [-0.2, 0) is 10.0 Å². The van der Waals surface area contributed by atoms with Gasteiger partial charge < -0.3 is 5.32 Å². The minimum absolute atomic E-state index is 0.00315. The summed E-state index contributed by atoms with van der Waals surface area (Å²) >= 11 is 0. The van der Waals surface area contributed by atoms with Gasteiger partial charge in [0.15, 0.2) is 4.90 Å². The molecule has 3 aromatic carbocycles. The molecule has 0 atom stereocenters. The van der Waals surface area contributed by atoms with E-state index in [4.69, 9.17) is 0 Å². The van der Waals surface area contributed by atoms with Crippen LogP contribution in [0.2, 0.25) is 0 Å². The summed E-state index contributed by atoms with van der Waals surface area (Å²) in [5.74, 6) is -3.03. The fourth-order valence-electron chi connectivity index (χ4n) is 2.54. The maximum Gasteiger partial charge on any atom is 0.267 e. The van der Waals surface area contributed by atoms with E-state index in [-0.39, 0.29) is 11.3 Å². The summed E-state index contributed by atoms with van der Waals surface area (Å²) in [6.07, 6.45) is 0. The third-order valence-electron chi connectivity index (χ3n) is 3.91. The van der Waals surface area contributed by atoms with Crippen LogP contribution < -0.4 is 10.0 Å². The van der Waals surface area contributed by atoms with Crippen molar-refractivity contribution in [2.75, 3.05) is 10.0 Å². The van der Waals surface area contributed by atoms with Crippen LogP contribution in [0.1, 0.15) is 15.9 Å². The zero-order valence-corrected chi connectivity index (χ0v) is 15.6. The van der Waals surface area contributed by atoms with E-state index < -0.39 is 32.5 Å². The van der Waals surface area contributed by atoms with Gasteiger partial charge in [-0.1, -0.05) is 35.9 Å². The van der Waals surface area contributed by atoms with Crippen LogP contribution in [0.5, 0.6) is 0 Å². The Kier molecular flexibility index (Phi) is 5.41. The molecule has 0 saturated carbocycles. The molecule has 3 rings (SSSR count). The van der Waals surface area contributed by atoms with Gasteiger partial charge in [-0.25, -0.2) is 17.2 Å². The van der Waals surface area contributed by atoms with Gasteiger partial charge in [-0.15, -0.1) is 0 Å². The van der Waals surface area contributed by atoms with Crippen molar-refractivity contribution in [1.82, 2.24) is 0 Å². The van der Waals surface area contributed by atoms with E-state index in [9.17, 15) is 22.0 Å². The van der Waals surface area contributed by atoms with Crippen LogP contribution in [0, 0.1) is 18.6 Å². The van der Waals surface area contributed by atoms with E-state index in [1.54, 1.807) is 18.2 Å². The molecule has 0 saturated heterocycles. The summed E-state index contributed by atoms with van der Waals surface area (Å²) in [6, 6.07) is 15.6. The highest BCUT2D eigenvalue weighted by atomic mass is 32.2. The number of anilines is 2. The zero-order valence-electron chi connectivity index (χ0n) is 14.7. The molecule has 0 heterocycles. The summed E-state index contributed by atoms with van der Waals surface area (Å²) in [5, 5.41) is 2.65. The SMILES string of the molecule is Cc1ccc(NC(=O)c2ccccc2NS(=O)(=O)c2c(F)cccc2F)cc1. The first kappa shape index (κ1) is 19.5. The predicted octanol–water partition coefficient (Wildman–Crippen LogP) is 4.33. The normalized spacial score (nSPS) is 11.1. The summed E-state index contributed by atoms with van der Waals surface area (Å²) < 4.78 is 54.9. The molecule has 8 heteroatoms. The third kappa shape index (κ3) is 4.17. The standard InChI is InChI=1S/C20H16F2N2O3S/c1-13-9-11-14(12-10-13)23-20(25)15-5-2-3-8-18(15)24-28(26,27)19-16(21)6-4-7-17(19)22/h2-12,24H,1H3,(H,23,25). The first-order valence-corrected chi connectivity index (χ1v) is 9.70. The second-order valence-corrected chi connectivity index (χ2v) is 7.64. The van der Waals surface area contributed by atoms with Gasteiger partial charge in [0.05, 0.1) is 11.3 Å². The molecule has 0 unspecified atom stereocenters. The second kappa shape index (κ2) is 7.77. The number of para-hydroxylation sites is 1. The van der Waals surface area contributed by atoms with Gasteiger partial charge in [0.25, 0.3) is 15.9 Å². The molecule has 0 aromatic heterocycles. The molecule has 0 fully saturated rings. The monoisotopic (exact) mass is 402 g/mol. The summed E-state index contributed by atoms with van der Waals surface area (Å²) in [4.78, 5) is 11.5. The highest BCUT2D eigenvalue weighted by molar-refractivity contribution is 7.92. The summed E-state index contributed by atoms with van der Waals surface area (Å²) in [7, 11) is -4.59. The van der Waals surface area contributed by atoms with Crippen molar-refractivity contribution in [2.24, 2.45) is 0 Å². The molecule has 0 bridgehead atoms. The van der Waals surface area contributed by atoms with Crippen molar-refractivity contribution in [3.05, 3.63) is 89.5 Å². The number of nitrogens with one attached hydrogen (secondary N) is 2. The zero-order chi connectivity index (χ0) is 20.3. The molecule has 0 aliphatic heterocycles. The average Bonchev–Trinajstić information content (AvgIpc) is 2.63. The van der Waals surface area contributed by atoms with Gasteiger partial charge in [-0.3, -0.25) is 9.52 Å². The van der Waals surface area contributed by atoms with Crippen molar-refractivity contribution in [2.45, 2.75) is 11.8 Å². The number of halogens is 2. The maximum atomic E-state index is 13.9. The van der Waals surface area contributed by atoms with Gasteiger partial charge in [0.1, 0.15) is 11.6 Å². The number of rotatable bonds is 5. The fourth-order valence-corrected chi connectivity index (χ4v) is 3.76. The Labute approximate surface area is 161 Å². The number of carbonyl (C=O) groups excluding carboxylic acids is 1. The molecule has 5 nitrogen and oxygen atoms in total. The van der Waals surface area contributed by atoms with E-state index in [2.05, 4.69) is 10.0 Å². The number of aryl methyl sites for hydroxylation is 1. The summed E-state index contributed by atoms with van der Waals surface area (Å²) in [5.41, 5.74) is 1.43. The largest absolute Gasteiger partial charge is 0.322 e. The summed E-state index contributed by atoms with van der Waals surface area (Å²) in [6.45, 7) is 1.90. The van der Waals surface area contributed by atoms with Gasteiger partial charge >= 0.3 is 0 Å². The van der Waals surface area contributed by atoms with Gasteiger partial charge in [0, 0.05) is 5.69 Å². The molecule has 0 spiro atoms. The lowest BCUT2D eigenvalue weighted by molar-refractivity contribution is 0.102. The number of sulfonamides is 1. The Morgan fingerprint density at radius 2 is 1.46 bits per heavy atom. The lowest BCUT2D eigenvalue weighted by atomic mass is 10.1. The second-order valence-electron chi connectivity index (χ2n) is 6.02. The molecule has 28 heavy (non-hydrogen) atoms. The highest BCUT2D eigenvalue weighted by Crippen LogP contribution is 2.24. The van der Waals surface area contributed by atoms with Crippen LogP contribution >= 0.6 is 0 Å². The fraction of sp³-hybridized carbons (Fsp3) is 0.0500. The molecule has 0 aliphatic carbocycles. The first-order chi connectivity index (χ1) is 13.3. The minimum Gasteiger partial charge on any atom is -0.322 e. The molecule has 2 N–H and O–H groups in total. The first-order valence-electron chi connectivity index (χ1n) is 8.22. The number of hydrogen-bond donors (Lipinski definition) is 2. The van der Waals surface area contributed by atoms with Crippen LogP contribution in [0.3, 0.4) is 0 Å². The lowest BCUT2D eigenvalue weighted by Gasteiger charge is -2.13. The Morgan fingerprint density at radius 1 is 0.857 bits per heavy atom.